The zero-order chi connectivity index (χ0) is 18.6. The molecule has 1 saturated heterocycles. The van der Waals surface area contributed by atoms with Crippen molar-refractivity contribution in [2.75, 3.05) is 13.7 Å². The van der Waals surface area contributed by atoms with E-state index in [9.17, 15) is 4.79 Å². The molecule has 2 heterocycles. The molecule has 0 N–H and O–H groups in total. The molecular weight excluding hydrogens is 336 g/mol. The van der Waals surface area contributed by atoms with Gasteiger partial charge in [-0.05, 0) is 43.9 Å². The number of hydrogen-bond donors (Lipinski definition) is 0. The number of ether oxygens (including phenoxy) is 1. The fourth-order valence-electron chi connectivity index (χ4n) is 4.57. The van der Waals surface area contributed by atoms with Gasteiger partial charge in [-0.1, -0.05) is 37.1 Å². The number of benzene rings is 1. The summed E-state index contributed by atoms with van der Waals surface area (Å²) in [6, 6.07) is 14.4. The molecule has 1 aromatic heterocycles. The van der Waals surface area contributed by atoms with Crippen molar-refractivity contribution in [2.45, 2.75) is 51.0 Å². The highest BCUT2D eigenvalue weighted by Crippen LogP contribution is 2.35. The molecule has 1 aliphatic carbocycles. The predicted octanol–water partition coefficient (Wildman–Crippen LogP) is 4.53. The van der Waals surface area contributed by atoms with Crippen molar-refractivity contribution in [3.05, 3.63) is 59.4 Å². The van der Waals surface area contributed by atoms with Gasteiger partial charge < -0.3 is 9.64 Å². The highest BCUT2D eigenvalue weighted by molar-refractivity contribution is 5.79. The van der Waals surface area contributed by atoms with Crippen LogP contribution in [0.1, 0.15) is 61.5 Å². The average molecular weight is 364 g/mol. The van der Waals surface area contributed by atoms with E-state index in [-0.39, 0.29) is 12.0 Å². The molecular formula is C23H28N2O2. The highest BCUT2D eigenvalue weighted by Gasteiger charge is 2.35. The fourth-order valence-corrected chi connectivity index (χ4v) is 4.57. The molecule has 1 amide bonds. The summed E-state index contributed by atoms with van der Waals surface area (Å²) in [5.41, 5.74) is 3.19. The maximum absolute atomic E-state index is 13.0. The normalized spacial score (nSPS) is 20.2. The number of para-hydroxylation sites is 1. The van der Waals surface area contributed by atoms with E-state index in [0.717, 1.165) is 61.3 Å². The number of amides is 1. The molecule has 1 unspecified atom stereocenters. The molecule has 1 aliphatic heterocycles. The van der Waals surface area contributed by atoms with E-state index in [1.165, 1.54) is 12.8 Å². The van der Waals surface area contributed by atoms with Crippen LogP contribution in [0.5, 0.6) is 5.75 Å². The molecule has 142 valence electrons. The summed E-state index contributed by atoms with van der Waals surface area (Å²) < 4.78 is 5.47. The van der Waals surface area contributed by atoms with Crippen LogP contribution in [0.25, 0.3) is 0 Å². The van der Waals surface area contributed by atoms with Crippen LogP contribution in [-0.4, -0.2) is 29.4 Å². The van der Waals surface area contributed by atoms with E-state index >= 15 is 0 Å². The number of hydrogen-bond acceptors (Lipinski definition) is 3. The van der Waals surface area contributed by atoms with Crippen LogP contribution >= 0.6 is 0 Å². The van der Waals surface area contributed by atoms with Crippen LogP contribution < -0.4 is 4.74 Å². The van der Waals surface area contributed by atoms with Gasteiger partial charge in [0, 0.05) is 30.1 Å². The van der Waals surface area contributed by atoms with E-state index in [0.29, 0.717) is 5.91 Å². The summed E-state index contributed by atoms with van der Waals surface area (Å²) in [5.74, 6) is 1.48. The Morgan fingerprint density at radius 1 is 1.07 bits per heavy atom. The van der Waals surface area contributed by atoms with Crippen LogP contribution in [0.2, 0.25) is 0 Å². The summed E-state index contributed by atoms with van der Waals surface area (Å²) >= 11 is 0. The van der Waals surface area contributed by atoms with Gasteiger partial charge in [0.1, 0.15) is 5.75 Å². The molecule has 2 aliphatic rings. The van der Waals surface area contributed by atoms with Crippen LogP contribution in [0.4, 0.5) is 0 Å². The summed E-state index contributed by atoms with van der Waals surface area (Å²) in [4.78, 5) is 20.0. The maximum atomic E-state index is 13.0. The smallest absolute Gasteiger partial charge is 0.226 e. The Bertz CT molecular complexity index is 798. The minimum absolute atomic E-state index is 0.135. The lowest BCUT2D eigenvalue weighted by atomic mass is 10.0. The van der Waals surface area contributed by atoms with Crippen LogP contribution in [0.3, 0.4) is 0 Å². The Morgan fingerprint density at radius 2 is 1.89 bits per heavy atom. The van der Waals surface area contributed by atoms with Gasteiger partial charge in [-0.2, -0.15) is 0 Å². The Hall–Kier alpha value is -2.36. The molecule has 1 aromatic carbocycles. The Morgan fingerprint density at radius 3 is 2.70 bits per heavy atom. The average Bonchev–Trinajstić information content (AvgIpc) is 3.40. The van der Waals surface area contributed by atoms with Crippen molar-refractivity contribution in [1.82, 2.24) is 9.88 Å². The molecule has 0 spiro atoms. The molecule has 2 fully saturated rings. The van der Waals surface area contributed by atoms with Crippen LogP contribution in [0, 0.1) is 5.92 Å². The van der Waals surface area contributed by atoms with Gasteiger partial charge in [0.15, 0.2) is 0 Å². The lowest BCUT2D eigenvalue weighted by molar-refractivity contribution is -0.136. The van der Waals surface area contributed by atoms with E-state index < -0.39 is 0 Å². The minimum atomic E-state index is 0.135. The van der Waals surface area contributed by atoms with Crippen molar-refractivity contribution in [3.63, 3.8) is 0 Å². The van der Waals surface area contributed by atoms with Gasteiger partial charge in [0.25, 0.3) is 0 Å². The summed E-state index contributed by atoms with van der Waals surface area (Å²) in [6.07, 6.45) is 7.34. The monoisotopic (exact) mass is 364 g/mol. The van der Waals surface area contributed by atoms with Gasteiger partial charge in [-0.3, -0.25) is 9.78 Å². The van der Waals surface area contributed by atoms with Gasteiger partial charge in [0.05, 0.1) is 18.8 Å². The lowest BCUT2D eigenvalue weighted by Crippen LogP contribution is -2.35. The van der Waals surface area contributed by atoms with E-state index in [4.69, 9.17) is 9.72 Å². The second-order valence-electron chi connectivity index (χ2n) is 7.71. The van der Waals surface area contributed by atoms with Gasteiger partial charge in [-0.25, -0.2) is 0 Å². The molecule has 1 saturated carbocycles. The standard InChI is InChI=1S/C23H28N2O2/c1-27-22-14-5-4-10-18(22)16-19-11-6-12-20(24-19)21-13-7-15-25(21)23(26)17-8-2-3-9-17/h4-6,10-12,14,17,21H,2-3,7-9,13,15-16H2,1H3. The molecule has 1 atom stereocenters. The van der Waals surface area contributed by atoms with E-state index in [2.05, 4.69) is 29.2 Å². The largest absolute Gasteiger partial charge is 0.496 e. The second-order valence-corrected chi connectivity index (χ2v) is 7.71. The fraction of sp³-hybridized carbons (Fsp3) is 0.478. The quantitative estimate of drug-likeness (QED) is 0.782. The SMILES string of the molecule is COc1ccccc1Cc1cccc(C2CCCN2C(=O)C2CCCC2)n1. The molecule has 0 radical (unpaired) electrons. The van der Waals surface area contributed by atoms with Crippen molar-refractivity contribution in [3.8, 4) is 5.75 Å². The predicted molar refractivity (Wildman–Crippen MR) is 106 cm³/mol. The summed E-state index contributed by atoms with van der Waals surface area (Å²) in [6.45, 7) is 0.873. The zero-order valence-electron chi connectivity index (χ0n) is 16.1. The number of carbonyl (C=O) groups is 1. The topological polar surface area (TPSA) is 42.4 Å². The minimum Gasteiger partial charge on any atom is -0.496 e. The van der Waals surface area contributed by atoms with Crippen LogP contribution in [0.15, 0.2) is 42.5 Å². The number of aromatic nitrogens is 1. The number of carbonyl (C=O) groups excluding carboxylic acids is 1. The molecule has 4 rings (SSSR count). The highest BCUT2D eigenvalue weighted by atomic mass is 16.5. The number of pyridine rings is 1. The lowest BCUT2D eigenvalue weighted by Gasteiger charge is -2.27. The Labute approximate surface area is 161 Å². The molecule has 0 bridgehead atoms. The number of likely N-dealkylation sites (tertiary alicyclic amines) is 1. The first kappa shape index (κ1) is 18.0. The molecule has 27 heavy (non-hydrogen) atoms. The Balaban J connectivity index is 1.53. The third-order valence-corrected chi connectivity index (χ3v) is 5.97. The third-order valence-electron chi connectivity index (χ3n) is 5.97. The van der Waals surface area contributed by atoms with Gasteiger partial charge >= 0.3 is 0 Å². The van der Waals surface area contributed by atoms with Crippen molar-refractivity contribution in [1.29, 1.82) is 0 Å². The van der Waals surface area contributed by atoms with Crippen molar-refractivity contribution >= 4 is 5.91 Å². The molecule has 4 heteroatoms. The number of nitrogens with zero attached hydrogens (tertiary/aromatic N) is 2. The second kappa shape index (κ2) is 8.12. The number of rotatable bonds is 5. The number of methoxy groups -OCH3 is 1. The molecule has 2 aromatic rings. The summed E-state index contributed by atoms with van der Waals surface area (Å²) in [7, 11) is 1.70. The van der Waals surface area contributed by atoms with Gasteiger partial charge in [-0.15, -0.1) is 0 Å². The van der Waals surface area contributed by atoms with Crippen LogP contribution in [-0.2, 0) is 11.2 Å². The van der Waals surface area contributed by atoms with E-state index in [1.54, 1.807) is 7.11 Å². The molecule has 4 nitrogen and oxygen atoms in total. The van der Waals surface area contributed by atoms with Crippen molar-refractivity contribution in [2.24, 2.45) is 5.92 Å². The first-order valence-corrected chi connectivity index (χ1v) is 10.1. The first-order chi connectivity index (χ1) is 13.3. The first-order valence-electron chi connectivity index (χ1n) is 10.1. The third kappa shape index (κ3) is 3.85. The maximum Gasteiger partial charge on any atom is 0.226 e. The van der Waals surface area contributed by atoms with Gasteiger partial charge in [0.2, 0.25) is 5.91 Å². The Kier molecular flexibility index (Phi) is 5.42. The van der Waals surface area contributed by atoms with E-state index in [1.807, 2.05) is 18.2 Å². The summed E-state index contributed by atoms with van der Waals surface area (Å²) in [5, 5.41) is 0. The van der Waals surface area contributed by atoms with Crippen molar-refractivity contribution < 1.29 is 9.53 Å². The zero-order valence-corrected chi connectivity index (χ0v) is 16.1.